The van der Waals surface area contributed by atoms with E-state index >= 15 is 0 Å². The summed E-state index contributed by atoms with van der Waals surface area (Å²) in [6.07, 6.45) is 2.52. The van der Waals surface area contributed by atoms with E-state index in [1.807, 2.05) is 13.0 Å². The summed E-state index contributed by atoms with van der Waals surface area (Å²) in [4.78, 5) is 4.33. The van der Waals surface area contributed by atoms with Gasteiger partial charge in [0, 0.05) is 23.2 Å². The highest BCUT2D eigenvalue weighted by Crippen LogP contribution is 2.37. The van der Waals surface area contributed by atoms with Gasteiger partial charge in [-0.25, -0.2) is 0 Å². The predicted molar refractivity (Wildman–Crippen MR) is 76.6 cm³/mol. The standard InChI is InChI=1S/C15H19NO4/c1-4-5-20-15-10(9-17)8-16-12-7-14(19-3)13(18-2)6-11(12)15/h6-8,17H,4-5,9H2,1-3H3. The molecule has 1 N–H and O–H groups in total. The van der Waals surface area contributed by atoms with Gasteiger partial charge in [-0.15, -0.1) is 0 Å². The number of hydrogen-bond donors (Lipinski definition) is 1. The Hall–Kier alpha value is -2.01. The average molecular weight is 277 g/mol. The number of fused-ring (bicyclic) bond motifs is 1. The molecule has 1 aromatic heterocycles. The maximum atomic E-state index is 9.43. The molecule has 0 bridgehead atoms. The second-order valence-corrected chi connectivity index (χ2v) is 4.34. The summed E-state index contributed by atoms with van der Waals surface area (Å²) in [5, 5.41) is 10.2. The van der Waals surface area contributed by atoms with Gasteiger partial charge in [0.05, 0.1) is 33.0 Å². The molecule has 0 unspecified atom stereocenters. The van der Waals surface area contributed by atoms with Crippen LogP contribution in [-0.4, -0.2) is 30.9 Å². The molecule has 0 radical (unpaired) electrons. The molecule has 0 saturated carbocycles. The first-order chi connectivity index (χ1) is 9.74. The van der Waals surface area contributed by atoms with Gasteiger partial charge >= 0.3 is 0 Å². The first-order valence-corrected chi connectivity index (χ1v) is 6.52. The maximum absolute atomic E-state index is 9.43. The summed E-state index contributed by atoms with van der Waals surface area (Å²) in [5.74, 6) is 1.88. The van der Waals surface area contributed by atoms with Crippen molar-refractivity contribution < 1.29 is 19.3 Å². The molecule has 0 atom stereocenters. The normalized spacial score (nSPS) is 10.6. The lowest BCUT2D eigenvalue weighted by Crippen LogP contribution is -2.01. The molecule has 0 aliphatic carbocycles. The van der Waals surface area contributed by atoms with Crippen molar-refractivity contribution in [2.75, 3.05) is 20.8 Å². The van der Waals surface area contributed by atoms with Crippen molar-refractivity contribution in [2.45, 2.75) is 20.0 Å². The topological polar surface area (TPSA) is 60.8 Å². The highest BCUT2D eigenvalue weighted by molar-refractivity contribution is 5.89. The molecule has 2 rings (SSSR count). The molecular weight excluding hydrogens is 258 g/mol. The molecule has 1 aromatic carbocycles. The molecule has 5 heteroatoms. The molecule has 0 aliphatic rings. The predicted octanol–water partition coefficient (Wildman–Crippen LogP) is 2.53. The van der Waals surface area contributed by atoms with Crippen LogP contribution in [0, 0.1) is 0 Å². The van der Waals surface area contributed by atoms with Crippen LogP contribution in [-0.2, 0) is 6.61 Å². The van der Waals surface area contributed by atoms with Gasteiger partial charge in [0.25, 0.3) is 0 Å². The number of aromatic nitrogens is 1. The van der Waals surface area contributed by atoms with Gasteiger partial charge in [-0.2, -0.15) is 0 Å². The largest absolute Gasteiger partial charge is 0.493 e. The fourth-order valence-corrected chi connectivity index (χ4v) is 2.02. The Morgan fingerprint density at radius 1 is 1.15 bits per heavy atom. The number of benzene rings is 1. The van der Waals surface area contributed by atoms with E-state index in [4.69, 9.17) is 14.2 Å². The van der Waals surface area contributed by atoms with Gasteiger partial charge in [-0.3, -0.25) is 4.98 Å². The number of ether oxygens (including phenoxy) is 3. The summed E-state index contributed by atoms with van der Waals surface area (Å²) < 4.78 is 16.3. The Kier molecular flexibility index (Phi) is 4.63. The van der Waals surface area contributed by atoms with Crippen LogP contribution in [0.1, 0.15) is 18.9 Å². The zero-order valence-electron chi connectivity index (χ0n) is 12.0. The van der Waals surface area contributed by atoms with Crippen LogP contribution in [0.4, 0.5) is 0 Å². The lowest BCUT2D eigenvalue weighted by Gasteiger charge is -2.14. The lowest BCUT2D eigenvalue weighted by atomic mass is 10.1. The van der Waals surface area contributed by atoms with Crippen molar-refractivity contribution in [2.24, 2.45) is 0 Å². The molecular formula is C15H19NO4. The minimum atomic E-state index is -0.115. The van der Waals surface area contributed by atoms with Crippen LogP contribution in [0.3, 0.4) is 0 Å². The quantitative estimate of drug-likeness (QED) is 0.879. The van der Waals surface area contributed by atoms with Crippen molar-refractivity contribution in [1.82, 2.24) is 4.98 Å². The highest BCUT2D eigenvalue weighted by Gasteiger charge is 2.14. The van der Waals surface area contributed by atoms with Crippen LogP contribution in [0.15, 0.2) is 18.3 Å². The fourth-order valence-electron chi connectivity index (χ4n) is 2.02. The molecule has 0 saturated heterocycles. The molecule has 0 fully saturated rings. The van der Waals surface area contributed by atoms with Crippen LogP contribution >= 0.6 is 0 Å². The SMILES string of the molecule is CCCOc1c(CO)cnc2cc(OC)c(OC)cc12. The van der Waals surface area contributed by atoms with Gasteiger partial charge in [0.15, 0.2) is 11.5 Å². The van der Waals surface area contributed by atoms with Crippen molar-refractivity contribution in [3.8, 4) is 17.2 Å². The third-order valence-corrected chi connectivity index (χ3v) is 3.02. The number of methoxy groups -OCH3 is 2. The first kappa shape index (κ1) is 14.4. The number of rotatable bonds is 6. The summed E-state index contributed by atoms with van der Waals surface area (Å²) in [6.45, 7) is 2.50. The average Bonchev–Trinajstić information content (AvgIpc) is 2.50. The molecule has 0 aliphatic heterocycles. The summed E-state index contributed by atoms with van der Waals surface area (Å²) in [5.41, 5.74) is 1.41. The van der Waals surface area contributed by atoms with E-state index in [-0.39, 0.29) is 6.61 Å². The van der Waals surface area contributed by atoms with E-state index in [0.29, 0.717) is 29.4 Å². The number of hydrogen-bond acceptors (Lipinski definition) is 5. The Balaban J connectivity index is 2.64. The molecule has 0 amide bonds. The number of aliphatic hydroxyl groups is 1. The second kappa shape index (κ2) is 6.43. The molecule has 1 heterocycles. The molecule has 108 valence electrons. The van der Waals surface area contributed by atoms with Gasteiger partial charge < -0.3 is 19.3 Å². The van der Waals surface area contributed by atoms with E-state index < -0.39 is 0 Å². The van der Waals surface area contributed by atoms with Crippen molar-refractivity contribution in [1.29, 1.82) is 0 Å². The monoisotopic (exact) mass is 277 g/mol. The molecule has 5 nitrogen and oxygen atoms in total. The number of nitrogens with zero attached hydrogens (tertiary/aromatic N) is 1. The molecule has 2 aromatic rings. The second-order valence-electron chi connectivity index (χ2n) is 4.34. The van der Waals surface area contributed by atoms with Gasteiger partial charge in [0.1, 0.15) is 5.75 Å². The van der Waals surface area contributed by atoms with Gasteiger partial charge in [-0.1, -0.05) is 6.92 Å². The van der Waals surface area contributed by atoms with Crippen molar-refractivity contribution in [3.63, 3.8) is 0 Å². The third kappa shape index (κ3) is 2.63. The minimum Gasteiger partial charge on any atom is -0.493 e. The number of pyridine rings is 1. The first-order valence-electron chi connectivity index (χ1n) is 6.52. The van der Waals surface area contributed by atoms with Crippen LogP contribution < -0.4 is 14.2 Å². The Labute approximate surface area is 118 Å². The van der Waals surface area contributed by atoms with Crippen LogP contribution in [0.5, 0.6) is 17.2 Å². The third-order valence-electron chi connectivity index (χ3n) is 3.02. The summed E-state index contributed by atoms with van der Waals surface area (Å²) >= 11 is 0. The van der Waals surface area contributed by atoms with Crippen LogP contribution in [0.25, 0.3) is 10.9 Å². The Morgan fingerprint density at radius 2 is 1.85 bits per heavy atom. The van der Waals surface area contributed by atoms with E-state index in [0.717, 1.165) is 17.3 Å². The van der Waals surface area contributed by atoms with Crippen LogP contribution in [0.2, 0.25) is 0 Å². The minimum absolute atomic E-state index is 0.115. The lowest BCUT2D eigenvalue weighted by molar-refractivity contribution is 0.263. The zero-order valence-corrected chi connectivity index (χ0v) is 12.0. The smallest absolute Gasteiger partial charge is 0.162 e. The zero-order chi connectivity index (χ0) is 14.5. The number of aliphatic hydroxyl groups excluding tert-OH is 1. The molecule has 0 spiro atoms. The van der Waals surface area contributed by atoms with E-state index in [1.54, 1.807) is 26.5 Å². The summed E-state index contributed by atoms with van der Waals surface area (Å²) in [7, 11) is 3.17. The Morgan fingerprint density at radius 3 is 2.45 bits per heavy atom. The van der Waals surface area contributed by atoms with E-state index in [2.05, 4.69) is 4.98 Å². The molecule has 20 heavy (non-hydrogen) atoms. The summed E-state index contributed by atoms with van der Waals surface area (Å²) in [6, 6.07) is 3.62. The Bertz CT molecular complexity index is 598. The van der Waals surface area contributed by atoms with E-state index in [9.17, 15) is 5.11 Å². The highest BCUT2D eigenvalue weighted by atomic mass is 16.5. The van der Waals surface area contributed by atoms with Gasteiger partial charge in [0.2, 0.25) is 0 Å². The fraction of sp³-hybridized carbons (Fsp3) is 0.400. The van der Waals surface area contributed by atoms with E-state index in [1.165, 1.54) is 0 Å². The maximum Gasteiger partial charge on any atom is 0.162 e. The van der Waals surface area contributed by atoms with Crippen molar-refractivity contribution in [3.05, 3.63) is 23.9 Å². The van der Waals surface area contributed by atoms with Gasteiger partial charge in [-0.05, 0) is 12.5 Å². The van der Waals surface area contributed by atoms with Crippen molar-refractivity contribution >= 4 is 10.9 Å².